The van der Waals surface area contributed by atoms with E-state index >= 15 is 0 Å². The molecule has 2 N–H and O–H groups in total. The van der Waals surface area contributed by atoms with E-state index in [0.29, 0.717) is 30.0 Å². The van der Waals surface area contributed by atoms with E-state index in [0.717, 1.165) is 19.3 Å². The molecular formula is C20H23NO3. The molecule has 0 fully saturated rings. The number of phenols is 1. The number of hydrogen-bond acceptors (Lipinski definition) is 4. The van der Waals surface area contributed by atoms with Crippen molar-refractivity contribution in [3.8, 4) is 11.5 Å². The molecular weight excluding hydrogens is 302 g/mol. The second kappa shape index (κ2) is 7.39. The van der Waals surface area contributed by atoms with E-state index in [9.17, 15) is 9.90 Å². The summed E-state index contributed by atoms with van der Waals surface area (Å²) in [5.74, 6) is 0.570. The van der Waals surface area contributed by atoms with E-state index in [1.165, 1.54) is 11.6 Å². The molecule has 0 spiro atoms. The molecule has 3 rings (SSSR count). The first-order valence-corrected chi connectivity index (χ1v) is 8.48. The van der Waals surface area contributed by atoms with Crippen molar-refractivity contribution in [2.75, 3.05) is 11.9 Å². The van der Waals surface area contributed by atoms with Crippen LogP contribution in [0.3, 0.4) is 0 Å². The van der Waals surface area contributed by atoms with E-state index in [-0.39, 0.29) is 17.6 Å². The van der Waals surface area contributed by atoms with E-state index in [1.807, 2.05) is 13.0 Å². The third-order valence-electron chi connectivity index (χ3n) is 4.29. The molecule has 4 nitrogen and oxygen atoms in total. The van der Waals surface area contributed by atoms with Crippen LogP contribution in [0.15, 0.2) is 42.5 Å². The fourth-order valence-electron chi connectivity index (χ4n) is 3.07. The lowest BCUT2D eigenvalue weighted by Gasteiger charge is -2.21. The Morgan fingerprint density at radius 3 is 2.83 bits per heavy atom. The molecule has 1 atom stereocenters. The fraction of sp³-hybridized carbons (Fsp3) is 0.350. The summed E-state index contributed by atoms with van der Waals surface area (Å²) in [6.07, 6.45) is 3.46. The van der Waals surface area contributed by atoms with Gasteiger partial charge in [0.05, 0.1) is 17.4 Å². The first kappa shape index (κ1) is 16.4. The number of fused-ring (bicyclic) bond motifs is 1. The monoisotopic (exact) mass is 325 g/mol. The van der Waals surface area contributed by atoms with Gasteiger partial charge in [-0.1, -0.05) is 30.3 Å². The standard InChI is InChI=1S/C20H23NO3/c1-14(6-5-9-15-7-3-2-4-8-15)24-16-12-17-20(19(23)13-16)18(22)10-11-21-17/h2-4,7-8,12-14,21,23H,5-6,9-11H2,1H3. The van der Waals surface area contributed by atoms with Gasteiger partial charge >= 0.3 is 0 Å². The lowest BCUT2D eigenvalue weighted by molar-refractivity contribution is 0.0981. The molecule has 0 saturated carbocycles. The number of aryl methyl sites for hydroxylation is 1. The van der Waals surface area contributed by atoms with Crippen molar-refractivity contribution in [1.82, 2.24) is 0 Å². The van der Waals surface area contributed by atoms with Crippen molar-refractivity contribution in [1.29, 1.82) is 0 Å². The number of anilines is 1. The molecule has 0 amide bonds. The zero-order chi connectivity index (χ0) is 16.9. The van der Waals surface area contributed by atoms with Gasteiger partial charge in [0.1, 0.15) is 11.5 Å². The van der Waals surface area contributed by atoms with Gasteiger partial charge < -0.3 is 15.2 Å². The van der Waals surface area contributed by atoms with Crippen LogP contribution in [0.2, 0.25) is 0 Å². The molecule has 1 unspecified atom stereocenters. The van der Waals surface area contributed by atoms with Crippen LogP contribution >= 0.6 is 0 Å². The van der Waals surface area contributed by atoms with Crippen molar-refractivity contribution in [3.05, 3.63) is 53.6 Å². The van der Waals surface area contributed by atoms with Gasteiger partial charge in [-0.15, -0.1) is 0 Å². The zero-order valence-corrected chi connectivity index (χ0v) is 13.9. The van der Waals surface area contributed by atoms with Crippen LogP contribution in [0.4, 0.5) is 5.69 Å². The zero-order valence-electron chi connectivity index (χ0n) is 13.9. The van der Waals surface area contributed by atoms with Crippen molar-refractivity contribution in [3.63, 3.8) is 0 Å². The third-order valence-corrected chi connectivity index (χ3v) is 4.29. The molecule has 24 heavy (non-hydrogen) atoms. The Morgan fingerprint density at radius 2 is 2.04 bits per heavy atom. The molecule has 0 saturated heterocycles. The molecule has 0 radical (unpaired) electrons. The largest absolute Gasteiger partial charge is 0.507 e. The second-order valence-corrected chi connectivity index (χ2v) is 6.27. The molecule has 1 aliphatic rings. The molecule has 1 aliphatic heterocycles. The molecule has 2 aromatic rings. The normalized spacial score (nSPS) is 14.6. The minimum Gasteiger partial charge on any atom is -0.507 e. The number of nitrogens with one attached hydrogen (secondary N) is 1. The number of Topliss-reactive ketones (excluding diaryl/α,β-unsaturated/α-hetero) is 1. The predicted molar refractivity (Wildman–Crippen MR) is 95.0 cm³/mol. The van der Waals surface area contributed by atoms with E-state index < -0.39 is 0 Å². The summed E-state index contributed by atoms with van der Waals surface area (Å²) >= 11 is 0. The van der Waals surface area contributed by atoms with Gasteiger partial charge in [-0.05, 0) is 31.7 Å². The maximum atomic E-state index is 11.9. The highest BCUT2D eigenvalue weighted by atomic mass is 16.5. The van der Waals surface area contributed by atoms with Crippen LogP contribution in [0, 0.1) is 0 Å². The Labute approximate surface area is 142 Å². The third kappa shape index (κ3) is 3.88. The van der Waals surface area contributed by atoms with Gasteiger partial charge in [-0.3, -0.25) is 4.79 Å². The maximum Gasteiger partial charge on any atom is 0.170 e. The molecule has 0 bridgehead atoms. The lowest BCUT2D eigenvalue weighted by Crippen LogP contribution is -2.19. The summed E-state index contributed by atoms with van der Waals surface area (Å²) in [6, 6.07) is 13.7. The number of carbonyl (C=O) groups is 1. The summed E-state index contributed by atoms with van der Waals surface area (Å²) in [4.78, 5) is 11.9. The second-order valence-electron chi connectivity index (χ2n) is 6.27. The summed E-state index contributed by atoms with van der Waals surface area (Å²) < 4.78 is 5.92. The molecule has 126 valence electrons. The van der Waals surface area contributed by atoms with Gasteiger partial charge in [-0.2, -0.15) is 0 Å². The first-order chi connectivity index (χ1) is 11.6. The quantitative estimate of drug-likeness (QED) is 0.836. The van der Waals surface area contributed by atoms with Crippen LogP contribution in [0.1, 0.15) is 42.1 Å². The number of benzene rings is 2. The SMILES string of the molecule is CC(CCCc1ccccc1)Oc1cc(O)c2c(c1)NCCC2=O. The summed E-state index contributed by atoms with van der Waals surface area (Å²) in [5.41, 5.74) is 2.38. The van der Waals surface area contributed by atoms with Crippen LogP contribution in [0.25, 0.3) is 0 Å². The average molecular weight is 325 g/mol. The number of rotatable bonds is 6. The Hall–Kier alpha value is -2.49. The summed E-state index contributed by atoms with van der Waals surface area (Å²) in [7, 11) is 0. The van der Waals surface area contributed by atoms with Crippen LogP contribution in [-0.2, 0) is 6.42 Å². The Morgan fingerprint density at radius 1 is 1.25 bits per heavy atom. The minimum atomic E-state index is -0.0243. The highest BCUT2D eigenvalue weighted by molar-refractivity contribution is 6.05. The lowest BCUT2D eigenvalue weighted by atomic mass is 10.0. The van der Waals surface area contributed by atoms with E-state index in [4.69, 9.17) is 4.74 Å². The Bertz CT molecular complexity index is 712. The Kier molecular flexibility index (Phi) is 5.04. The van der Waals surface area contributed by atoms with Gasteiger partial charge in [0, 0.05) is 25.1 Å². The van der Waals surface area contributed by atoms with Gasteiger partial charge in [0.15, 0.2) is 5.78 Å². The topological polar surface area (TPSA) is 58.6 Å². The number of hydrogen-bond donors (Lipinski definition) is 2. The summed E-state index contributed by atoms with van der Waals surface area (Å²) in [5, 5.41) is 13.3. The molecule has 1 heterocycles. The van der Waals surface area contributed by atoms with Crippen molar-refractivity contribution in [2.45, 2.75) is 38.7 Å². The van der Waals surface area contributed by atoms with Crippen molar-refractivity contribution >= 4 is 11.5 Å². The van der Waals surface area contributed by atoms with Crippen molar-refractivity contribution in [2.24, 2.45) is 0 Å². The number of aromatic hydroxyl groups is 1. The fourth-order valence-corrected chi connectivity index (χ4v) is 3.07. The van der Waals surface area contributed by atoms with Crippen LogP contribution in [0.5, 0.6) is 11.5 Å². The highest BCUT2D eigenvalue weighted by Crippen LogP contribution is 2.35. The highest BCUT2D eigenvalue weighted by Gasteiger charge is 2.22. The number of ether oxygens (including phenoxy) is 1. The van der Waals surface area contributed by atoms with Crippen LogP contribution < -0.4 is 10.1 Å². The van der Waals surface area contributed by atoms with E-state index in [1.54, 1.807) is 6.07 Å². The molecule has 0 aliphatic carbocycles. The predicted octanol–water partition coefficient (Wildman–Crippen LogP) is 4.18. The number of ketones is 1. The molecule has 4 heteroatoms. The molecule has 2 aromatic carbocycles. The minimum absolute atomic E-state index is 0.00353. The first-order valence-electron chi connectivity index (χ1n) is 8.48. The number of carbonyl (C=O) groups excluding carboxylic acids is 1. The molecule has 0 aromatic heterocycles. The smallest absolute Gasteiger partial charge is 0.170 e. The van der Waals surface area contributed by atoms with Crippen LogP contribution in [-0.4, -0.2) is 23.5 Å². The van der Waals surface area contributed by atoms with Gasteiger partial charge in [0.2, 0.25) is 0 Å². The summed E-state index contributed by atoms with van der Waals surface area (Å²) in [6.45, 7) is 2.63. The van der Waals surface area contributed by atoms with Gasteiger partial charge in [0.25, 0.3) is 0 Å². The Balaban J connectivity index is 1.57. The van der Waals surface area contributed by atoms with Crippen molar-refractivity contribution < 1.29 is 14.6 Å². The maximum absolute atomic E-state index is 11.9. The number of phenolic OH excluding ortho intramolecular Hbond substituents is 1. The van der Waals surface area contributed by atoms with E-state index in [2.05, 4.69) is 29.6 Å². The van der Waals surface area contributed by atoms with Gasteiger partial charge in [-0.25, -0.2) is 0 Å². The average Bonchev–Trinajstić information content (AvgIpc) is 2.55.